The predicted octanol–water partition coefficient (Wildman–Crippen LogP) is 1.87. The van der Waals surface area contributed by atoms with Crippen molar-refractivity contribution in [1.29, 1.82) is 0 Å². The Morgan fingerprint density at radius 3 is 3.00 bits per heavy atom. The molecule has 1 aromatic rings. The fourth-order valence-corrected chi connectivity index (χ4v) is 2.10. The number of nitrogens with one attached hydrogen (secondary N) is 1. The van der Waals surface area contributed by atoms with Gasteiger partial charge in [0.05, 0.1) is 5.75 Å². The van der Waals surface area contributed by atoms with Crippen LogP contribution in [0.4, 0.5) is 0 Å². The molecule has 84 valence electrons. The van der Waals surface area contributed by atoms with Gasteiger partial charge < -0.3 is 5.32 Å². The molecule has 0 aliphatic heterocycles. The first-order chi connectivity index (χ1) is 7.78. The molecule has 0 atom stereocenters. The molecule has 0 heterocycles. The second-order valence-electron chi connectivity index (χ2n) is 3.82. The largest absolute Gasteiger partial charge is 0.353 e. The summed E-state index contributed by atoms with van der Waals surface area (Å²) in [7, 11) is 0. The summed E-state index contributed by atoms with van der Waals surface area (Å²) in [6.07, 6.45) is 3.03. The predicted molar refractivity (Wildman–Crippen MR) is 63.7 cm³/mol. The van der Waals surface area contributed by atoms with Crippen molar-refractivity contribution in [1.82, 2.24) is 5.32 Å². The first kappa shape index (κ1) is 11.2. The molecule has 0 saturated heterocycles. The minimum Gasteiger partial charge on any atom is -0.353 e. The minimum absolute atomic E-state index is 0.0732. The van der Waals surface area contributed by atoms with Gasteiger partial charge in [-0.05, 0) is 25.0 Å². The third kappa shape index (κ3) is 3.38. The van der Waals surface area contributed by atoms with Gasteiger partial charge in [-0.15, -0.1) is 11.8 Å². The lowest BCUT2D eigenvalue weighted by Crippen LogP contribution is -2.26. The lowest BCUT2D eigenvalue weighted by Gasteiger charge is -2.03. The quantitative estimate of drug-likeness (QED) is 0.626. The van der Waals surface area contributed by atoms with E-state index in [9.17, 15) is 9.59 Å². The fourth-order valence-electron chi connectivity index (χ4n) is 1.32. The second-order valence-corrected chi connectivity index (χ2v) is 4.87. The summed E-state index contributed by atoms with van der Waals surface area (Å²) in [6, 6.07) is 7.69. The lowest BCUT2D eigenvalue weighted by molar-refractivity contribution is -0.118. The Kier molecular flexibility index (Phi) is 3.62. The molecule has 0 spiro atoms. The molecule has 4 heteroatoms. The van der Waals surface area contributed by atoms with Crippen LogP contribution in [0.1, 0.15) is 23.2 Å². The van der Waals surface area contributed by atoms with Crippen LogP contribution in [-0.4, -0.2) is 24.0 Å². The maximum atomic E-state index is 11.4. The van der Waals surface area contributed by atoms with Crippen molar-refractivity contribution in [3.05, 3.63) is 29.8 Å². The average Bonchev–Trinajstić information content (AvgIpc) is 3.10. The fraction of sp³-hybridized carbons (Fsp3) is 0.333. The third-order valence-corrected chi connectivity index (χ3v) is 3.30. The summed E-state index contributed by atoms with van der Waals surface area (Å²) in [6.45, 7) is 0. The van der Waals surface area contributed by atoms with E-state index in [0.29, 0.717) is 17.4 Å². The van der Waals surface area contributed by atoms with Crippen LogP contribution in [0.25, 0.3) is 0 Å². The molecule has 3 nitrogen and oxygen atoms in total. The highest BCUT2D eigenvalue weighted by Gasteiger charge is 2.22. The number of carbonyl (C=O) groups is 2. The summed E-state index contributed by atoms with van der Waals surface area (Å²) < 4.78 is 0. The number of amides is 1. The van der Waals surface area contributed by atoms with Crippen LogP contribution in [0, 0.1) is 0 Å². The number of thioether (sulfide) groups is 1. The third-order valence-electron chi connectivity index (χ3n) is 2.31. The summed E-state index contributed by atoms with van der Waals surface area (Å²) in [5.74, 6) is 0.489. The highest BCUT2D eigenvalue weighted by Crippen LogP contribution is 2.21. The van der Waals surface area contributed by atoms with Crippen LogP contribution in [-0.2, 0) is 4.79 Å². The molecule has 0 unspecified atom stereocenters. The Morgan fingerprint density at radius 1 is 1.50 bits per heavy atom. The molecule has 1 fully saturated rings. The van der Waals surface area contributed by atoms with Crippen molar-refractivity contribution in [2.45, 2.75) is 23.8 Å². The van der Waals surface area contributed by atoms with Gasteiger partial charge in [-0.3, -0.25) is 9.59 Å². The number of hydrogen-bond acceptors (Lipinski definition) is 3. The van der Waals surface area contributed by atoms with E-state index in [1.807, 2.05) is 12.1 Å². The Hall–Kier alpha value is -1.29. The van der Waals surface area contributed by atoms with Crippen molar-refractivity contribution >= 4 is 24.0 Å². The van der Waals surface area contributed by atoms with Gasteiger partial charge in [0.15, 0.2) is 0 Å². The summed E-state index contributed by atoms with van der Waals surface area (Å²) in [4.78, 5) is 22.9. The first-order valence-electron chi connectivity index (χ1n) is 5.25. The molecule has 1 saturated carbocycles. The van der Waals surface area contributed by atoms with E-state index < -0.39 is 0 Å². The number of benzene rings is 1. The zero-order valence-electron chi connectivity index (χ0n) is 8.81. The average molecular weight is 235 g/mol. The van der Waals surface area contributed by atoms with E-state index in [4.69, 9.17) is 0 Å². The Labute approximate surface area is 98.6 Å². The van der Waals surface area contributed by atoms with Crippen LogP contribution < -0.4 is 5.32 Å². The van der Waals surface area contributed by atoms with Crippen LogP contribution in [0.2, 0.25) is 0 Å². The minimum atomic E-state index is 0.0732. The molecule has 0 aromatic heterocycles. The Balaban J connectivity index is 1.83. The maximum Gasteiger partial charge on any atom is 0.230 e. The van der Waals surface area contributed by atoms with Crippen molar-refractivity contribution in [2.75, 3.05) is 5.75 Å². The molecular formula is C12H13NO2S. The van der Waals surface area contributed by atoms with Crippen molar-refractivity contribution in [3.8, 4) is 0 Å². The van der Waals surface area contributed by atoms with E-state index >= 15 is 0 Å². The van der Waals surface area contributed by atoms with Gasteiger partial charge in [0.25, 0.3) is 0 Å². The summed E-state index contributed by atoms with van der Waals surface area (Å²) >= 11 is 1.46. The normalized spacial score (nSPS) is 14.5. The maximum absolute atomic E-state index is 11.4. The topological polar surface area (TPSA) is 46.2 Å². The number of aldehydes is 1. The van der Waals surface area contributed by atoms with E-state index in [1.54, 1.807) is 12.1 Å². The first-order valence-corrected chi connectivity index (χ1v) is 6.24. The molecule has 0 radical (unpaired) electrons. The molecule has 2 rings (SSSR count). The molecular weight excluding hydrogens is 222 g/mol. The number of rotatable bonds is 5. The number of hydrogen-bond donors (Lipinski definition) is 1. The summed E-state index contributed by atoms with van der Waals surface area (Å²) in [5.41, 5.74) is 0.646. The van der Waals surface area contributed by atoms with Crippen molar-refractivity contribution in [3.63, 3.8) is 0 Å². The molecule has 0 bridgehead atoms. The molecule has 16 heavy (non-hydrogen) atoms. The SMILES string of the molecule is O=Cc1cccc(SCC(=O)NC2CC2)c1. The highest BCUT2D eigenvalue weighted by atomic mass is 32.2. The van der Waals surface area contributed by atoms with Crippen LogP contribution in [0.15, 0.2) is 29.2 Å². The van der Waals surface area contributed by atoms with Gasteiger partial charge in [-0.2, -0.15) is 0 Å². The summed E-state index contributed by atoms with van der Waals surface area (Å²) in [5, 5.41) is 2.92. The Morgan fingerprint density at radius 2 is 2.31 bits per heavy atom. The van der Waals surface area contributed by atoms with Crippen LogP contribution in [0.5, 0.6) is 0 Å². The van der Waals surface area contributed by atoms with Crippen molar-refractivity contribution < 1.29 is 9.59 Å². The molecule has 1 amide bonds. The van der Waals surface area contributed by atoms with E-state index in [1.165, 1.54) is 11.8 Å². The van der Waals surface area contributed by atoms with Gasteiger partial charge in [0.1, 0.15) is 6.29 Å². The van der Waals surface area contributed by atoms with E-state index in [0.717, 1.165) is 24.0 Å². The van der Waals surface area contributed by atoms with E-state index in [-0.39, 0.29) is 5.91 Å². The van der Waals surface area contributed by atoms with Gasteiger partial charge in [0, 0.05) is 16.5 Å². The van der Waals surface area contributed by atoms with Crippen molar-refractivity contribution in [2.24, 2.45) is 0 Å². The molecule has 1 aliphatic rings. The monoisotopic (exact) mass is 235 g/mol. The van der Waals surface area contributed by atoms with Gasteiger partial charge in [-0.25, -0.2) is 0 Å². The smallest absolute Gasteiger partial charge is 0.230 e. The zero-order chi connectivity index (χ0) is 11.4. The van der Waals surface area contributed by atoms with E-state index in [2.05, 4.69) is 5.32 Å². The zero-order valence-corrected chi connectivity index (χ0v) is 9.63. The van der Waals surface area contributed by atoms with Crippen LogP contribution in [0.3, 0.4) is 0 Å². The molecule has 1 N–H and O–H groups in total. The number of carbonyl (C=O) groups excluding carboxylic acids is 2. The standard InChI is InChI=1S/C12H13NO2S/c14-7-9-2-1-3-11(6-9)16-8-12(15)13-10-4-5-10/h1-3,6-7,10H,4-5,8H2,(H,13,15). The second kappa shape index (κ2) is 5.16. The molecule has 1 aromatic carbocycles. The lowest BCUT2D eigenvalue weighted by atomic mass is 10.2. The van der Waals surface area contributed by atoms with Gasteiger partial charge in [0.2, 0.25) is 5.91 Å². The highest BCUT2D eigenvalue weighted by molar-refractivity contribution is 8.00. The molecule has 1 aliphatic carbocycles. The van der Waals surface area contributed by atoms with Gasteiger partial charge >= 0.3 is 0 Å². The Bertz CT molecular complexity index is 402. The van der Waals surface area contributed by atoms with Crippen LogP contribution >= 0.6 is 11.8 Å². The van der Waals surface area contributed by atoms with Gasteiger partial charge in [-0.1, -0.05) is 12.1 Å².